The Labute approximate surface area is 132 Å². The summed E-state index contributed by atoms with van der Waals surface area (Å²) in [6.45, 7) is 7.02. The third-order valence-corrected chi connectivity index (χ3v) is 4.03. The van der Waals surface area contributed by atoms with Gasteiger partial charge in [-0.05, 0) is 38.3 Å². The van der Waals surface area contributed by atoms with Gasteiger partial charge in [0.15, 0.2) is 0 Å². The molecule has 1 saturated heterocycles. The van der Waals surface area contributed by atoms with Crippen molar-refractivity contribution >= 4 is 11.7 Å². The van der Waals surface area contributed by atoms with Gasteiger partial charge in [0.2, 0.25) is 5.91 Å². The number of ether oxygens (including phenoxy) is 1. The van der Waals surface area contributed by atoms with Gasteiger partial charge in [-0.25, -0.2) is 4.98 Å². The topological polar surface area (TPSA) is 80.5 Å². The van der Waals surface area contributed by atoms with Crippen molar-refractivity contribution in [1.29, 1.82) is 0 Å². The molecule has 2 heterocycles. The third-order valence-electron chi connectivity index (χ3n) is 4.03. The molecule has 0 aliphatic carbocycles. The zero-order chi connectivity index (χ0) is 15.9. The Kier molecular flexibility index (Phi) is 6.15. The molecular formula is C16H26N4O2. The Morgan fingerprint density at radius 2 is 2.18 bits per heavy atom. The quantitative estimate of drug-likeness (QED) is 0.787. The lowest BCUT2D eigenvalue weighted by Gasteiger charge is -2.19. The fourth-order valence-electron chi connectivity index (χ4n) is 2.63. The van der Waals surface area contributed by atoms with E-state index in [1.807, 2.05) is 18.3 Å². The summed E-state index contributed by atoms with van der Waals surface area (Å²) in [6.07, 6.45) is 3.07. The van der Waals surface area contributed by atoms with Crippen molar-refractivity contribution in [3.8, 4) is 0 Å². The highest BCUT2D eigenvalue weighted by molar-refractivity contribution is 5.81. The first kappa shape index (κ1) is 16.7. The second kappa shape index (κ2) is 8.10. The van der Waals surface area contributed by atoms with Gasteiger partial charge in [-0.3, -0.25) is 4.79 Å². The first-order chi connectivity index (χ1) is 10.7. The van der Waals surface area contributed by atoms with Crippen LogP contribution in [0.1, 0.15) is 32.3 Å². The Morgan fingerprint density at radius 3 is 2.73 bits per heavy atom. The standard InChI is InChI=1S/C16H26N4O2/c1-3-20(4-2)15-8-5-12(10-18-15)11-19-16(21)14-7-6-13(9-17)22-14/h5,8,10,13-14H,3-4,6-7,9,11,17H2,1-2H3,(H,19,21)/t13-,14+/m1/s1. The number of anilines is 1. The van der Waals surface area contributed by atoms with Crippen molar-refractivity contribution in [2.75, 3.05) is 24.5 Å². The fourth-order valence-corrected chi connectivity index (χ4v) is 2.63. The normalized spacial score (nSPS) is 20.9. The van der Waals surface area contributed by atoms with Gasteiger partial charge in [0.25, 0.3) is 0 Å². The van der Waals surface area contributed by atoms with Crippen molar-refractivity contribution in [1.82, 2.24) is 10.3 Å². The minimum atomic E-state index is -0.364. The molecule has 122 valence electrons. The van der Waals surface area contributed by atoms with E-state index in [0.717, 1.165) is 37.3 Å². The van der Waals surface area contributed by atoms with Crippen molar-refractivity contribution in [2.24, 2.45) is 5.73 Å². The largest absolute Gasteiger partial charge is 0.364 e. The Bertz CT molecular complexity index is 474. The molecule has 0 unspecified atom stereocenters. The average molecular weight is 306 g/mol. The van der Waals surface area contributed by atoms with Crippen LogP contribution < -0.4 is 16.0 Å². The fraction of sp³-hybridized carbons (Fsp3) is 0.625. The van der Waals surface area contributed by atoms with Crippen LogP contribution >= 0.6 is 0 Å². The SMILES string of the molecule is CCN(CC)c1ccc(CNC(=O)[C@@H]2CC[C@H](CN)O2)cn1. The van der Waals surface area contributed by atoms with Crippen molar-refractivity contribution in [3.63, 3.8) is 0 Å². The number of aromatic nitrogens is 1. The Hall–Kier alpha value is -1.66. The zero-order valence-corrected chi connectivity index (χ0v) is 13.4. The van der Waals surface area contributed by atoms with Gasteiger partial charge in [0.1, 0.15) is 11.9 Å². The lowest BCUT2D eigenvalue weighted by Crippen LogP contribution is -2.35. The number of hydrogen-bond acceptors (Lipinski definition) is 5. The number of nitrogens with one attached hydrogen (secondary N) is 1. The molecule has 2 atom stereocenters. The molecule has 0 radical (unpaired) electrons. The van der Waals surface area contributed by atoms with Crippen LogP contribution in [0.3, 0.4) is 0 Å². The predicted octanol–water partition coefficient (Wildman–Crippen LogP) is 1.05. The molecule has 1 aliphatic rings. The monoisotopic (exact) mass is 306 g/mol. The maximum absolute atomic E-state index is 12.0. The molecule has 1 fully saturated rings. The second-order valence-corrected chi connectivity index (χ2v) is 5.47. The van der Waals surface area contributed by atoms with Crippen LogP contribution in [-0.2, 0) is 16.1 Å². The summed E-state index contributed by atoms with van der Waals surface area (Å²) in [7, 11) is 0. The highest BCUT2D eigenvalue weighted by Gasteiger charge is 2.29. The number of rotatable bonds is 7. The van der Waals surface area contributed by atoms with Gasteiger partial charge in [0.05, 0.1) is 6.10 Å². The van der Waals surface area contributed by atoms with Gasteiger partial charge < -0.3 is 20.7 Å². The Morgan fingerprint density at radius 1 is 1.41 bits per heavy atom. The molecule has 1 aromatic heterocycles. The molecular weight excluding hydrogens is 280 g/mol. The van der Waals surface area contributed by atoms with E-state index in [2.05, 4.69) is 29.0 Å². The second-order valence-electron chi connectivity index (χ2n) is 5.47. The van der Waals surface area contributed by atoms with E-state index >= 15 is 0 Å². The average Bonchev–Trinajstić information content (AvgIpc) is 3.04. The number of nitrogens with two attached hydrogens (primary N) is 1. The molecule has 1 aliphatic heterocycles. The van der Waals surface area contributed by atoms with Crippen LogP contribution in [0.25, 0.3) is 0 Å². The molecule has 0 spiro atoms. The smallest absolute Gasteiger partial charge is 0.249 e. The number of pyridine rings is 1. The summed E-state index contributed by atoms with van der Waals surface area (Å²) in [4.78, 5) is 18.7. The number of amides is 1. The molecule has 2 rings (SSSR count). The summed E-state index contributed by atoms with van der Waals surface area (Å²) in [6, 6.07) is 3.99. The van der Waals surface area contributed by atoms with E-state index in [-0.39, 0.29) is 18.1 Å². The molecule has 1 aromatic rings. The summed E-state index contributed by atoms with van der Waals surface area (Å²) < 4.78 is 5.58. The highest BCUT2D eigenvalue weighted by atomic mass is 16.5. The minimum Gasteiger partial charge on any atom is -0.364 e. The number of carbonyl (C=O) groups excluding carboxylic acids is 1. The van der Waals surface area contributed by atoms with Crippen LogP contribution in [0.15, 0.2) is 18.3 Å². The summed E-state index contributed by atoms with van der Waals surface area (Å²) >= 11 is 0. The van der Waals surface area contributed by atoms with E-state index in [1.54, 1.807) is 0 Å². The van der Waals surface area contributed by atoms with Crippen LogP contribution in [0.4, 0.5) is 5.82 Å². The van der Waals surface area contributed by atoms with Gasteiger partial charge in [0, 0.05) is 32.4 Å². The molecule has 6 heteroatoms. The molecule has 0 bridgehead atoms. The first-order valence-corrected chi connectivity index (χ1v) is 8.01. The van der Waals surface area contributed by atoms with Crippen LogP contribution in [-0.4, -0.2) is 42.7 Å². The van der Waals surface area contributed by atoms with E-state index in [1.165, 1.54) is 0 Å². The molecule has 1 amide bonds. The number of hydrogen-bond donors (Lipinski definition) is 2. The zero-order valence-electron chi connectivity index (χ0n) is 13.4. The van der Waals surface area contributed by atoms with E-state index < -0.39 is 0 Å². The van der Waals surface area contributed by atoms with Crippen LogP contribution in [0.2, 0.25) is 0 Å². The van der Waals surface area contributed by atoms with Crippen LogP contribution in [0.5, 0.6) is 0 Å². The maximum atomic E-state index is 12.0. The minimum absolute atomic E-state index is 0.0192. The van der Waals surface area contributed by atoms with E-state index in [0.29, 0.717) is 13.1 Å². The number of nitrogens with zero attached hydrogens (tertiary/aromatic N) is 2. The van der Waals surface area contributed by atoms with E-state index in [9.17, 15) is 4.79 Å². The van der Waals surface area contributed by atoms with Crippen molar-refractivity contribution < 1.29 is 9.53 Å². The van der Waals surface area contributed by atoms with Gasteiger partial charge >= 0.3 is 0 Å². The molecule has 0 saturated carbocycles. The van der Waals surface area contributed by atoms with Gasteiger partial charge in [-0.1, -0.05) is 6.07 Å². The lowest BCUT2D eigenvalue weighted by atomic mass is 10.2. The van der Waals surface area contributed by atoms with E-state index in [4.69, 9.17) is 10.5 Å². The molecule has 6 nitrogen and oxygen atoms in total. The number of carbonyl (C=O) groups is 1. The van der Waals surface area contributed by atoms with Crippen molar-refractivity contribution in [3.05, 3.63) is 23.9 Å². The third kappa shape index (κ3) is 4.18. The summed E-state index contributed by atoms with van der Waals surface area (Å²) in [5.41, 5.74) is 6.54. The Balaban J connectivity index is 1.83. The molecule has 0 aromatic carbocycles. The predicted molar refractivity (Wildman–Crippen MR) is 86.6 cm³/mol. The van der Waals surface area contributed by atoms with Crippen molar-refractivity contribution in [2.45, 2.75) is 45.4 Å². The van der Waals surface area contributed by atoms with Crippen LogP contribution in [0, 0.1) is 0 Å². The van der Waals surface area contributed by atoms with Gasteiger partial charge in [-0.2, -0.15) is 0 Å². The maximum Gasteiger partial charge on any atom is 0.249 e. The summed E-state index contributed by atoms with van der Waals surface area (Å²) in [5.74, 6) is 0.897. The van der Waals surface area contributed by atoms with Gasteiger partial charge in [-0.15, -0.1) is 0 Å². The highest BCUT2D eigenvalue weighted by Crippen LogP contribution is 2.19. The molecule has 3 N–H and O–H groups in total. The molecule has 22 heavy (non-hydrogen) atoms. The first-order valence-electron chi connectivity index (χ1n) is 8.01. The lowest BCUT2D eigenvalue weighted by molar-refractivity contribution is -0.132. The summed E-state index contributed by atoms with van der Waals surface area (Å²) in [5, 5.41) is 2.90.